The number of hydrogen-bond acceptors (Lipinski definition) is 2. The van der Waals surface area contributed by atoms with E-state index in [1.165, 1.54) is 24.3 Å². The maximum absolute atomic E-state index is 13.1. The van der Waals surface area contributed by atoms with E-state index < -0.39 is 11.4 Å². The summed E-state index contributed by atoms with van der Waals surface area (Å²) in [5.41, 5.74) is 0.296. The monoisotopic (exact) mass is 280 g/mol. The van der Waals surface area contributed by atoms with Crippen LogP contribution in [0.3, 0.4) is 0 Å². The average molecular weight is 281 g/mol. The molecule has 2 nitrogen and oxygen atoms in total. The summed E-state index contributed by atoms with van der Waals surface area (Å²) in [7, 11) is 0. The Balaban J connectivity index is 2.25. The van der Waals surface area contributed by atoms with Crippen molar-refractivity contribution in [3.63, 3.8) is 0 Å². The minimum atomic E-state index is -1.12. The van der Waals surface area contributed by atoms with E-state index >= 15 is 0 Å². The molecule has 0 amide bonds. The summed E-state index contributed by atoms with van der Waals surface area (Å²) in [5.74, 6) is -0.334. The van der Waals surface area contributed by atoms with Gasteiger partial charge in [-0.25, -0.2) is 4.39 Å². The van der Waals surface area contributed by atoms with Crippen LogP contribution in [-0.4, -0.2) is 10.2 Å². The van der Waals surface area contributed by atoms with Crippen LogP contribution in [0.15, 0.2) is 42.5 Å². The third-order valence-corrected chi connectivity index (χ3v) is 3.31. The molecule has 0 aliphatic heterocycles. The highest BCUT2D eigenvalue weighted by molar-refractivity contribution is 6.30. The predicted octanol–water partition coefficient (Wildman–Crippen LogP) is 3.63. The first-order chi connectivity index (χ1) is 8.88. The van der Waals surface area contributed by atoms with Crippen LogP contribution < -0.4 is 0 Å². The zero-order valence-corrected chi connectivity index (χ0v) is 11.2. The van der Waals surface area contributed by atoms with Crippen LogP contribution in [0.2, 0.25) is 5.02 Å². The summed E-state index contributed by atoms with van der Waals surface area (Å²) in [5, 5.41) is 19.8. The summed E-state index contributed by atoms with van der Waals surface area (Å²) in [6.45, 7) is 1.66. The number of phenolic OH excluding ortho intramolecular Hbond substituents is 1. The fraction of sp³-hybridized carbons (Fsp3) is 0.200. The third-order valence-electron chi connectivity index (χ3n) is 3.02. The van der Waals surface area contributed by atoms with Gasteiger partial charge in [0.05, 0.1) is 10.6 Å². The summed E-state index contributed by atoms with van der Waals surface area (Å²) in [6.07, 6.45) is 0.303. The molecule has 19 heavy (non-hydrogen) atoms. The smallest absolute Gasteiger partial charge is 0.141 e. The SMILES string of the molecule is CC(O)(Cc1ccc(F)c(Cl)c1)c1ccc(O)cc1. The van der Waals surface area contributed by atoms with Gasteiger partial charge in [-0.15, -0.1) is 0 Å². The van der Waals surface area contributed by atoms with E-state index in [1.807, 2.05) is 0 Å². The van der Waals surface area contributed by atoms with E-state index in [1.54, 1.807) is 25.1 Å². The van der Waals surface area contributed by atoms with E-state index in [-0.39, 0.29) is 10.8 Å². The van der Waals surface area contributed by atoms with Crippen LogP contribution in [0.5, 0.6) is 5.75 Å². The Morgan fingerprint density at radius 3 is 2.37 bits per heavy atom. The Hall–Kier alpha value is -1.58. The number of hydrogen-bond donors (Lipinski definition) is 2. The highest BCUT2D eigenvalue weighted by atomic mass is 35.5. The molecule has 0 bridgehead atoms. The molecule has 0 saturated carbocycles. The van der Waals surface area contributed by atoms with Gasteiger partial charge in [-0.3, -0.25) is 0 Å². The number of rotatable bonds is 3. The molecular weight excluding hydrogens is 267 g/mol. The van der Waals surface area contributed by atoms with E-state index in [0.717, 1.165) is 5.56 Å². The Labute approximate surface area is 116 Å². The van der Waals surface area contributed by atoms with Gasteiger partial charge in [0.15, 0.2) is 0 Å². The van der Waals surface area contributed by atoms with Gasteiger partial charge in [0.1, 0.15) is 11.6 Å². The molecule has 0 aliphatic carbocycles. The molecule has 2 N–H and O–H groups in total. The molecule has 0 radical (unpaired) electrons. The Morgan fingerprint density at radius 2 is 1.79 bits per heavy atom. The van der Waals surface area contributed by atoms with Crippen molar-refractivity contribution < 1.29 is 14.6 Å². The summed E-state index contributed by atoms with van der Waals surface area (Å²) in [4.78, 5) is 0. The number of phenols is 1. The second-order valence-electron chi connectivity index (χ2n) is 4.75. The topological polar surface area (TPSA) is 40.5 Å². The highest BCUT2D eigenvalue weighted by Crippen LogP contribution is 2.28. The van der Waals surface area contributed by atoms with Crippen LogP contribution in [0, 0.1) is 5.82 Å². The lowest BCUT2D eigenvalue weighted by atomic mass is 9.89. The quantitative estimate of drug-likeness (QED) is 0.901. The predicted molar refractivity (Wildman–Crippen MR) is 72.8 cm³/mol. The fourth-order valence-electron chi connectivity index (χ4n) is 1.97. The van der Waals surface area contributed by atoms with Crippen molar-refractivity contribution in [3.05, 3.63) is 64.4 Å². The van der Waals surface area contributed by atoms with E-state index in [0.29, 0.717) is 12.0 Å². The first-order valence-corrected chi connectivity index (χ1v) is 6.22. The van der Waals surface area contributed by atoms with Gasteiger partial charge in [-0.2, -0.15) is 0 Å². The number of benzene rings is 2. The van der Waals surface area contributed by atoms with Crippen LogP contribution in [0.25, 0.3) is 0 Å². The molecule has 2 aromatic rings. The van der Waals surface area contributed by atoms with Crippen LogP contribution in [0.1, 0.15) is 18.1 Å². The first-order valence-electron chi connectivity index (χ1n) is 5.84. The van der Waals surface area contributed by atoms with Crippen molar-refractivity contribution in [2.24, 2.45) is 0 Å². The second kappa shape index (κ2) is 5.19. The number of aliphatic hydroxyl groups is 1. The van der Waals surface area contributed by atoms with E-state index in [4.69, 9.17) is 11.6 Å². The van der Waals surface area contributed by atoms with Crippen molar-refractivity contribution in [2.75, 3.05) is 0 Å². The second-order valence-corrected chi connectivity index (χ2v) is 5.15. The minimum absolute atomic E-state index is 0.0407. The van der Waals surface area contributed by atoms with Crippen molar-refractivity contribution in [1.29, 1.82) is 0 Å². The standard InChI is InChI=1S/C15H14ClFO2/c1-15(19,11-3-5-12(18)6-4-11)9-10-2-7-14(17)13(16)8-10/h2-8,18-19H,9H2,1H3. The maximum atomic E-state index is 13.1. The molecule has 2 aromatic carbocycles. The fourth-order valence-corrected chi connectivity index (χ4v) is 2.17. The molecule has 1 unspecified atom stereocenters. The van der Waals surface area contributed by atoms with Crippen molar-refractivity contribution in [1.82, 2.24) is 0 Å². The van der Waals surface area contributed by atoms with Gasteiger partial charge in [0.25, 0.3) is 0 Å². The average Bonchev–Trinajstić information content (AvgIpc) is 2.34. The normalized spacial score (nSPS) is 14.1. The molecular formula is C15H14ClFO2. The molecule has 2 rings (SSSR count). The van der Waals surface area contributed by atoms with E-state index in [9.17, 15) is 14.6 Å². The summed E-state index contributed by atoms with van der Waals surface area (Å²) < 4.78 is 13.1. The van der Waals surface area contributed by atoms with Crippen molar-refractivity contribution >= 4 is 11.6 Å². The molecule has 100 valence electrons. The van der Waals surface area contributed by atoms with Gasteiger partial charge in [-0.1, -0.05) is 29.8 Å². The lowest BCUT2D eigenvalue weighted by Gasteiger charge is -2.24. The van der Waals surface area contributed by atoms with Gasteiger partial charge in [0, 0.05) is 6.42 Å². The van der Waals surface area contributed by atoms with Gasteiger partial charge >= 0.3 is 0 Å². The molecule has 0 heterocycles. The van der Waals surface area contributed by atoms with Gasteiger partial charge < -0.3 is 10.2 Å². The van der Waals surface area contributed by atoms with Crippen molar-refractivity contribution in [2.45, 2.75) is 18.9 Å². The highest BCUT2D eigenvalue weighted by Gasteiger charge is 2.23. The zero-order chi connectivity index (χ0) is 14.0. The Kier molecular flexibility index (Phi) is 3.78. The molecule has 0 saturated heterocycles. The number of aromatic hydroxyl groups is 1. The molecule has 0 fully saturated rings. The van der Waals surface area contributed by atoms with E-state index in [2.05, 4.69) is 0 Å². The van der Waals surface area contributed by atoms with Crippen molar-refractivity contribution in [3.8, 4) is 5.75 Å². The largest absolute Gasteiger partial charge is 0.508 e. The third kappa shape index (κ3) is 3.25. The van der Waals surface area contributed by atoms with Crippen LogP contribution in [0.4, 0.5) is 4.39 Å². The lowest BCUT2D eigenvalue weighted by molar-refractivity contribution is 0.0576. The van der Waals surface area contributed by atoms with Gasteiger partial charge in [-0.05, 0) is 42.3 Å². The van der Waals surface area contributed by atoms with Gasteiger partial charge in [0.2, 0.25) is 0 Å². The van der Waals surface area contributed by atoms with Crippen LogP contribution in [-0.2, 0) is 12.0 Å². The molecule has 1 atom stereocenters. The number of halogens is 2. The minimum Gasteiger partial charge on any atom is -0.508 e. The first kappa shape index (κ1) is 13.8. The Morgan fingerprint density at radius 1 is 1.16 bits per heavy atom. The lowest BCUT2D eigenvalue weighted by Crippen LogP contribution is -2.24. The molecule has 0 aromatic heterocycles. The molecule has 0 aliphatic rings. The Bertz CT molecular complexity index is 579. The summed E-state index contributed by atoms with van der Waals surface area (Å²) in [6, 6.07) is 10.7. The molecule has 4 heteroatoms. The summed E-state index contributed by atoms with van der Waals surface area (Å²) >= 11 is 5.72. The zero-order valence-electron chi connectivity index (χ0n) is 10.4. The van der Waals surface area contributed by atoms with Crippen LogP contribution >= 0.6 is 11.6 Å². The maximum Gasteiger partial charge on any atom is 0.141 e. The molecule has 0 spiro atoms.